The first-order valence-electron chi connectivity index (χ1n) is 4.87. The van der Waals surface area contributed by atoms with Crippen LogP contribution < -0.4 is 0 Å². The topological polar surface area (TPSA) is 83.3 Å². The van der Waals surface area contributed by atoms with Crippen molar-refractivity contribution in [2.24, 2.45) is 0 Å². The summed E-state index contributed by atoms with van der Waals surface area (Å²) in [6.45, 7) is 1.69. The molecule has 17 heavy (non-hydrogen) atoms. The van der Waals surface area contributed by atoms with Gasteiger partial charge in [-0.25, -0.2) is 14.8 Å². The Labute approximate surface area is 99.6 Å². The first-order valence-corrected chi connectivity index (χ1v) is 5.75. The summed E-state index contributed by atoms with van der Waals surface area (Å²) < 4.78 is 1.63. The van der Waals surface area contributed by atoms with Gasteiger partial charge < -0.3 is 10.1 Å². The molecule has 7 heteroatoms. The van der Waals surface area contributed by atoms with Crippen LogP contribution in [0.3, 0.4) is 0 Å². The highest BCUT2D eigenvalue weighted by molar-refractivity contribution is 7.15. The van der Waals surface area contributed by atoms with E-state index >= 15 is 0 Å². The summed E-state index contributed by atoms with van der Waals surface area (Å²) >= 11 is 1.41. The van der Waals surface area contributed by atoms with Crippen LogP contribution in [0.15, 0.2) is 17.9 Å². The summed E-state index contributed by atoms with van der Waals surface area (Å²) in [5.74, 6) is -0.978. The Balaban J connectivity index is 2.37. The fourth-order valence-corrected chi connectivity index (χ4v) is 2.73. The number of hydrogen-bond acceptors (Lipinski definition) is 4. The van der Waals surface area contributed by atoms with Crippen LogP contribution >= 0.6 is 11.3 Å². The Kier molecular flexibility index (Phi) is 2.02. The molecule has 0 unspecified atom stereocenters. The molecule has 0 bridgehead atoms. The van der Waals surface area contributed by atoms with Crippen LogP contribution in [-0.4, -0.2) is 30.4 Å². The summed E-state index contributed by atoms with van der Waals surface area (Å²) in [7, 11) is 0. The van der Waals surface area contributed by atoms with Crippen molar-refractivity contribution in [3.8, 4) is 11.4 Å². The number of nitrogens with zero attached hydrogens (tertiary/aromatic N) is 3. The molecular formula is C10H8N4O2S. The van der Waals surface area contributed by atoms with Gasteiger partial charge in [-0.1, -0.05) is 0 Å². The average molecular weight is 248 g/mol. The van der Waals surface area contributed by atoms with E-state index in [2.05, 4.69) is 15.0 Å². The third kappa shape index (κ3) is 1.36. The number of hydrogen-bond donors (Lipinski definition) is 2. The molecule has 6 nitrogen and oxygen atoms in total. The van der Waals surface area contributed by atoms with Gasteiger partial charge in [0, 0.05) is 5.38 Å². The van der Waals surface area contributed by atoms with E-state index in [0.29, 0.717) is 10.7 Å². The summed E-state index contributed by atoms with van der Waals surface area (Å²) in [6.07, 6.45) is 3.21. The summed E-state index contributed by atoms with van der Waals surface area (Å²) in [5, 5.41) is 11.1. The predicted molar refractivity (Wildman–Crippen MR) is 62.3 cm³/mol. The van der Waals surface area contributed by atoms with Crippen LogP contribution in [0, 0.1) is 6.92 Å². The molecule has 0 spiro atoms. The molecule has 0 aromatic carbocycles. The first kappa shape index (κ1) is 10.0. The highest BCUT2D eigenvalue weighted by Gasteiger charge is 2.20. The van der Waals surface area contributed by atoms with Gasteiger partial charge in [-0.15, -0.1) is 11.3 Å². The van der Waals surface area contributed by atoms with Crippen LogP contribution in [0.5, 0.6) is 0 Å². The highest BCUT2D eigenvalue weighted by Crippen LogP contribution is 2.27. The lowest BCUT2D eigenvalue weighted by Crippen LogP contribution is -2.04. The van der Waals surface area contributed by atoms with Crippen LogP contribution in [0.4, 0.5) is 0 Å². The number of carbonyl (C=O) groups is 1. The Morgan fingerprint density at radius 1 is 1.59 bits per heavy atom. The van der Waals surface area contributed by atoms with E-state index in [0.717, 1.165) is 11.4 Å². The molecular weight excluding hydrogens is 240 g/mol. The number of thiazole rings is 1. The summed E-state index contributed by atoms with van der Waals surface area (Å²) in [6, 6.07) is 0. The van der Waals surface area contributed by atoms with Gasteiger partial charge >= 0.3 is 5.97 Å². The van der Waals surface area contributed by atoms with Gasteiger partial charge in [0.2, 0.25) is 0 Å². The maximum absolute atomic E-state index is 11.2. The second-order valence-electron chi connectivity index (χ2n) is 3.56. The van der Waals surface area contributed by atoms with Crippen molar-refractivity contribution in [1.29, 1.82) is 0 Å². The van der Waals surface area contributed by atoms with Crippen molar-refractivity contribution >= 4 is 22.3 Å². The predicted octanol–water partition coefficient (Wildman–Crippen LogP) is 1.79. The minimum absolute atomic E-state index is 0.200. The van der Waals surface area contributed by atoms with Crippen molar-refractivity contribution in [3.63, 3.8) is 0 Å². The zero-order chi connectivity index (χ0) is 12.0. The summed E-state index contributed by atoms with van der Waals surface area (Å²) in [4.78, 5) is 23.0. The van der Waals surface area contributed by atoms with E-state index in [1.165, 1.54) is 11.3 Å². The standard InChI is InChI=1S/C10H8N4O2S/c1-5-8(9(15)16)14-7(3-17-10(14)13-5)6-2-11-4-12-6/h2-4H,1H3,(H,11,12)(H,15,16). The van der Waals surface area contributed by atoms with Gasteiger partial charge in [-0.05, 0) is 6.92 Å². The Bertz CT molecular complexity index is 695. The molecule has 3 aromatic rings. The molecule has 0 aliphatic carbocycles. The Hall–Kier alpha value is -2.15. The normalized spacial score (nSPS) is 11.1. The fraction of sp³-hybridized carbons (Fsp3) is 0.100. The van der Waals surface area contributed by atoms with Gasteiger partial charge in [0.25, 0.3) is 0 Å². The van der Waals surface area contributed by atoms with Gasteiger partial charge in [0.1, 0.15) is 0 Å². The summed E-state index contributed by atoms with van der Waals surface area (Å²) in [5.41, 5.74) is 2.26. The zero-order valence-corrected chi connectivity index (χ0v) is 9.65. The number of rotatable bonds is 2. The van der Waals surface area contributed by atoms with E-state index in [1.54, 1.807) is 23.8 Å². The number of aromatic amines is 1. The zero-order valence-electron chi connectivity index (χ0n) is 8.84. The lowest BCUT2D eigenvalue weighted by Gasteiger charge is -1.98. The molecule has 2 N–H and O–H groups in total. The largest absolute Gasteiger partial charge is 0.477 e. The van der Waals surface area contributed by atoms with Crippen molar-refractivity contribution in [1.82, 2.24) is 19.4 Å². The number of carboxylic acids is 1. The smallest absolute Gasteiger partial charge is 0.354 e. The minimum atomic E-state index is -0.978. The number of carboxylic acid groups (broad SMARTS) is 1. The molecule has 0 aliphatic rings. The van der Waals surface area contributed by atoms with E-state index in [9.17, 15) is 9.90 Å². The molecule has 0 saturated carbocycles. The number of imidazole rings is 2. The number of nitrogens with one attached hydrogen (secondary N) is 1. The number of H-pyrrole nitrogens is 1. The number of fused-ring (bicyclic) bond motifs is 1. The number of aromatic carboxylic acids is 1. The molecule has 3 rings (SSSR count). The SMILES string of the molecule is Cc1nc2scc(-c3cnc[nH]3)n2c1C(=O)O. The van der Waals surface area contributed by atoms with Crippen LogP contribution in [-0.2, 0) is 0 Å². The van der Waals surface area contributed by atoms with Crippen molar-refractivity contribution in [3.05, 3.63) is 29.3 Å². The first-order chi connectivity index (χ1) is 8.18. The Morgan fingerprint density at radius 3 is 3.06 bits per heavy atom. The van der Waals surface area contributed by atoms with Gasteiger partial charge in [0.05, 0.1) is 29.6 Å². The average Bonchev–Trinajstić information content (AvgIpc) is 2.90. The van der Waals surface area contributed by atoms with Crippen molar-refractivity contribution in [2.75, 3.05) is 0 Å². The van der Waals surface area contributed by atoms with E-state index in [4.69, 9.17) is 0 Å². The second-order valence-corrected chi connectivity index (χ2v) is 4.39. The van der Waals surface area contributed by atoms with Crippen LogP contribution in [0.1, 0.15) is 16.2 Å². The molecule has 3 aromatic heterocycles. The third-order valence-corrected chi connectivity index (χ3v) is 3.34. The molecule has 0 aliphatic heterocycles. The lowest BCUT2D eigenvalue weighted by molar-refractivity contribution is 0.0688. The van der Waals surface area contributed by atoms with Crippen LogP contribution in [0.2, 0.25) is 0 Å². The Morgan fingerprint density at radius 2 is 2.41 bits per heavy atom. The molecule has 0 fully saturated rings. The van der Waals surface area contributed by atoms with E-state index in [1.807, 2.05) is 5.38 Å². The molecule has 0 amide bonds. The maximum atomic E-state index is 11.2. The quantitative estimate of drug-likeness (QED) is 0.724. The van der Waals surface area contributed by atoms with Crippen molar-refractivity contribution < 1.29 is 9.90 Å². The number of aryl methyl sites for hydroxylation is 1. The van der Waals surface area contributed by atoms with Gasteiger partial charge in [-0.2, -0.15) is 0 Å². The lowest BCUT2D eigenvalue weighted by atomic mass is 10.3. The minimum Gasteiger partial charge on any atom is -0.477 e. The molecule has 0 atom stereocenters. The molecule has 3 heterocycles. The highest BCUT2D eigenvalue weighted by atomic mass is 32.1. The second kappa shape index (κ2) is 3.42. The number of aromatic nitrogens is 4. The van der Waals surface area contributed by atoms with Crippen LogP contribution in [0.25, 0.3) is 16.3 Å². The maximum Gasteiger partial charge on any atom is 0.354 e. The van der Waals surface area contributed by atoms with Gasteiger partial charge in [-0.3, -0.25) is 4.40 Å². The monoisotopic (exact) mass is 248 g/mol. The third-order valence-electron chi connectivity index (χ3n) is 2.51. The van der Waals surface area contributed by atoms with E-state index < -0.39 is 5.97 Å². The van der Waals surface area contributed by atoms with E-state index in [-0.39, 0.29) is 5.69 Å². The van der Waals surface area contributed by atoms with Crippen molar-refractivity contribution in [2.45, 2.75) is 6.92 Å². The van der Waals surface area contributed by atoms with Gasteiger partial charge in [0.15, 0.2) is 10.7 Å². The molecule has 86 valence electrons. The fourth-order valence-electron chi connectivity index (χ4n) is 1.80. The molecule has 0 radical (unpaired) electrons. The molecule has 0 saturated heterocycles.